The minimum Gasteiger partial charge on any atom is -0.465 e. The average Bonchev–Trinajstić information content (AvgIpc) is 3.38. The first-order valence-electron chi connectivity index (χ1n) is 9.24. The van der Waals surface area contributed by atoms with Gasteiger partial charge < -0.3 is 15.4 Å². The first-order valence-corrected chi connectivity index (χ1v) is 11.9. The molecule has 0 radical (unpaired) electrons. The average molecular weight is 454 g/mol. The SMILES string of the molecule is CCc1cc(C(=O)OC)c(NC(=S)Nc2ccc(S(=O)(=O)N3CCCC3)cc2)s1. The molecule has 2 heterocycles. The Labute approximate surface area is 180 Å². The number of ether oxygens (including phenoxy) is 1. The minimum atomic E-state index is -3.44. The third kappa shape index (κ3) is 4.95. The van der Waals surface area contributed by atoms with Crippen molar-refractivity contribution in [2.45, 2.75) is 31.1 Å². The molecule has 29 heavy (non-hydrogen) atoms. The number of hydrogen-bond donors (Lipinski definition) is 2. The number of nitrogens with one attached hydrogen (secondary N) is 2. The van der Waals surface area contributed by atoms with Gasteiger partial charge in [0.25, 0.3) is 0 Å². The van der Waals surface area contributed by atoms with Gasteiger partial charge in [0, 0.05) is 23.7 Å². The van der Waals surface area contributed by atoms with Crippen LogP contribution in [0.3, 0.4) is 0 Å². The Morgan fingerprint density at radius 3 is 2.45 bits per heavy atom. The highest BCUT2D eigenvalue weighted by molar-refractivity contribution is 7.89. The van der Waals surface area contributed by atoms with Crippen LogP contribution in [0.15, 0.2) is 35.2 Å². The zero-order chi connectivity index (χ0) is 21.0. The molecular weight excluding hydrogens is 430 g/mol. The molecule has 1 aliphatic rings. The first kappa shape index (κ1) is 21.7. The number of benzene rings is 1. The Hall–Kier alpha value is -2.01. The molecule has 1 aromatic carbocycles. The summed E-state index contributed by atoms with van der Waals surface area (Å²) in [4.78, 5) is 13.3. The predicted molar refractivity (Wildman–Crippen MR) is 119 cm³/mol. The maximum atomic E-state index is 12.6. The van der Waals surface area contributed by atoms with E-state index in [2.05, 4.69) is 10.6 Å². The summed E-state index contributed by atoms with van der Waals surface area (Å²) in [7, 11) is -2.11. The van der Waals surface area contributed by atoms with Crippen LogP contribution in [-0.4, -0.2) is 44.0 Å². The molecule has 0 bridgehead atoms. The van der Waals surface area contributed by atoms with Crippen LogP contribution in [0.4, 0.5) is 10.7 Å². The number of carbonyl (C=O) groups is 1. The van der Waals surface area contributed by atoms with Gasteiger partial charge in [-0.2, -0.15) is 4.31 Å². The van der Waals surface area contributed by atoms with Crippen molar-refractivity contribution < 1.29 is 17.9 Å². The highest BCUT2D eigenvalue weighted by Gasteiger charge is 2.27. The van der Waals surface area contributed by atoms with Gasteiger partial charge in [0.2, 0.25) is 10.0 Å². The lowest BCUT2D eigenvalue weighted by Crippen LogP contribution is -2.27. The van der Waals surface area contributed by atoms with Crippen molar-refractivity contribution in [3.63, 3.8) is 0 Å². The number of carbonyl (C=O) groups excluding carboxylic acids is 1. The molecule has 1 fully saturated rings. The summed E-state index contributed by atoms with van der Waals surface area (Å²) < 4.78 is 31.5. The number of hydrogen-bond acceptors (Lipinski definition) is 6. The van der Waals surface area contributed by atoms with Gasteiger partial charge in [-0.05, 0) is 61.8 Å². The summed E-state index contributed by atoms with van der Waals surface area (Å²) in [6.07, 6.45) is 2.59. The third-order valence-corrected chi connectivity index (χ3v) is 7.89. The van der Waals surface area contributed by atoms with Gasteiger partial charge in [-0.1, -0.05) is 6.92 Å². The lowest BCUT2D eigenvalue weighted by Gasteiger charge is -2.16. The van der Waals surface area contributed by atoms with E-state index in [1.807, 2.05) is 6.92 Å². The Kier molecular flexibility index (Phi) is 6.89. The lowest BCUT2D eigenvalue weighted by molar-refractivity contribution is 0.0602. The van der Waals surface area contributed by atoms with Gasteiger partial charge in [0.1, 0.15) is 5.00 Å². The second-order valence-corrected chi connectivity index (χ2v) is 10.00. The topological polar surface area (TPSA) is 87.7 Å². The number of sulfonamides is 1. The van der Waals surface area contributed by atoms with E-state index >= 15 is 0 Å². The highest BCUT2D eigenvalue weighted by atomic mass is 32.2. The molecule has 156 valence electrons. The molecule has 0 amide bonds. The molecule has 0 atom stereocenters. The summed E-state index contributed by atoms with van der Waals surface area (Å²) in [5, 5.41) is 6.96. The number of esters is 1. The van der Waals surface area contributed by atoms with E-state index in [-0.39, 0.29) is 4.90 Å². The number of thiophene rings is 1. The molecule has 3 rings (SSSR count). The smallest absolute Gasteiger partial charge is 0.340 e. The van der Waals surface area contributed by atoms with Gasteiger partial charge in [0.15, 0.2) is 5.11 Å². The van der Waals surface area contributed by atoms with Gasteiger partial charge in [-0.3, -0.25) is 0 Å². The van der Waals surface area contributed by atoms with E-state index in [0.29, 0.717) is 34.5 Å². The normalized spacial score (nSPS) is 14.6. The predicted octanol–water partition coefficient (Wildman–Crippen LogP) is 3.69. The molecule has 1 aromatic heterocycles. The van der Waals surface area contributed by atoms with Crippen LogP contribution >= 0.6 is 23.6 Å². The summed E-state index contributed by atoms with van der Waals surface area (Å²) >= 11 is 6.78. The zero-order valence-electron chi connectivity index (χ0n) is 16.2. The number of thiocarbonyl (C=S) groups is 1. The van der Waals surface area contributed by atoms with Crippen molar-refractivity contribution in [2.75, 3.05) is 30.8 Å². The molecule has 2 N–H and O–H groups in total. The number of aryl methyl sites for hydroxylation is 1. The van der Waals surface area contributed by atoms with Crippen molar-refractivity contribution in [3.05, 3.63) is 40.8 Å². The van der Waals surface area contributed by atoms with Crippen LogP contribution in [0.25, 0.3) is 0 Å². The minimum absolute atomic E-state index is 0.266. The van der Waals surface area contributed by atoms with Crippen LogP contribution < -0.4 is 10.6 Å². The molecule has 1 saturated heterocycles. The number of nitrogens with zero attached hydrogens (tertiary/aromatic N) is 1. The van der Waals surface area contributed by atoms with Crippen LogP contribution in [0, 0.1) is 0 Å². The molecule has 0 unspecified atom stereocenters. The fourth-order valence-electron chi connectivity index (χ4n) is 3.02. The standard InChI is InChI=1S/C19H23N3O4S3/c1-3-14-12-16(18(23)26-2)17(28-14)21-19(27)20-13-6-8-15(9-7-13)29(24,25)22-10-4-5-11-22/h6-9,12H,3-5,10-11H2,1-2H3,(H2,20,21,27). The Morgan fingerprint density at radius 2 is 1.86 bits per heavy atom. The highest BCUT2D eigenvalue weighted by Crippen LogP contribution is 2.29. The van der Waals surface area contributed by atoms with Gasteiger partial charge in [-0.15, -0.1) is 11.3 Å². The summed E-state index contributed by atoms with van der Waals surface area (Å²) in [6.45, 7) is 3.14. The fraction of sp³-hybridized carbons (Fsp3) is 0.368. The monoisotopic (exact) mass is 453 g/mol. The molecule has 0 aliphatic carbocycles. The van der Waals surface area contributed by atoms with Crippen molar-refractivity contribution in [1.82, 2.24) is 4.31 Å². The van der Waals surface area contributed by atoms with Crippen LogP contribution in [0.5, 0.6) is 0 Å². The Morgan fingerprint density at radius 1 is 1.21 bits per heavy atom. The van der Waals surface area contributed by atoms with Crippen molar-refractivity contribution in [2.24, 2.45) is 0 Å². The van der Waals surface area contributed by atoms with E-state index in [0.717, 1.165) is 24.1 Å². The summed E-state index contributed by atoms with van der Waals surface area (Å²) in [5.41, 5.74) is 1.08. The van der Waals surface area contributed by atoms with E-state index < -0.39 is 16.0 Å². The van der Waals surface area contributed by atoms with E-state index in [1.54, 1.807) is 30.3 Å². The van der Waals surface area contributed by atoms with Gasteiger partial charge >= 0.3 is 5.97 Å². The second kappa shape index (κ2) is 9.21. The van der Waals surface area contributed by atoms with Crippen molar-refractivity contribution in [1.29, 1.82) is 0 Å². The molecule has 2 aromatic rings. The van der Waals surface area contributed by atoms with Gasteiger partial charge in [0.05, 0.1) is 17.6 Å². The molecular formula is C19H23N3O4S3. The molecule has 1 aliphatic heterocycles. The Balaban J connectivity index is 1.69. The largest absolute Gasteiger partial charge is 0.465 e. The van der Waals surface area contributed by atoms with Crippen LogP contribution in [0.1, 0.15) is 35.0 Å². The van der Waals surface area contributed by atoms with Gasteiger partial charge in [-0.25, -0.2) is 13.2 Å². The maximum Gasteiger partial charge on any atom is 0.340 e. The quantitative estimate of drug-likeness (QED) is 0.509. The Bertz CT molecular complexity index is 994. The maximum absolute atomic E-state index is 12.6. The van der Waals surface area contributed by atoms with E-state index in [1.165, 1.54) is 22.8 Å². The van der Waals surface area contributed by atoms with E-state index in [4.69, 9.17) is 17.0 Å². The summed E-state index contributed by atoms with van der Waals surface area (Å²) in [6, 6.07) is 8.27. The third-order valence-electron chi connectivity index (χ3n) is 4.58. The molecule has 0 spiro atoms. The molecule has 10 heteroatoms. The summed E-state index contributed by atoms with van der Waals surface area (Å²) in [5.74, 6) is -0.428. The molecule has 7 nitrogen and oxygen atoms in total. The van der Waals surface area contributed by atoms with E-state index in [9.17, 15) is 13.2 Å². The van der Waals surface area contributed by atoms with Crippen molar-refractivity contribution >= 4 is 55.3 Å². The fourth-order valence-corrected chi connectivity index (χ4v) is 5.81. The lowest BCUT2D eigenvalue weighted by atomic mass is 10.2. The molecule has 0 saturated carbocycles. The van der Waals surface area contributed by atoms with Crippen LogP contribution in [-0.2, 0) is 21.2 Å². The first-order chi connectivity index (χ1) is 13.8. The van der Waals surface area contributed by atoms with Crippen LogP contribution in [0.2, 0.25) is 0 Å². The van der Waals surface area contributed by atoms with Crippen molar-refractivity contribution in [3.8, 4) is 0 Å². The second-order valence-electron chi connectivity index (χ2n) is 6.52. The zero-order valence-corrected chi connectivity index (χ0v) is 18.7. The number of anilines is 2. The number of methoxy groups -OCH3 is 1. The number of rotatable bonds is 6.